The van der Waals surface area contributed by atoms with Crippen molar-refractivity contribution in [2.75, 3.05) is 6.61 Å². The van der Waals surface area contributed by atoms with E-state index in [0.29, 0.717) is 0 Å². The highest BCUT2D eigenvalue weighted by atomic mass is 31.0. The lowest BCUT2D eigenvalue weighted by molar-refractivity contribution is 0.0418. The number of ether oxygens (including phenoxy) is 1. The van der Waals surface area contributed by atoms with Crippen LogP contribution in [0.25, 0.3) is 0 Å². The lowest BCUT2D eigenvalue weighted by Crippen LogP contribution is -2.34. The molecule has 0 aromatic heterocycles. The molecule has 2 atom stereocenters. The zero-order valence-electron chi connectivity index (χ0n) is 6.31. The van der Waals surface area contributed by atoms with Gasteiger partial charge in [0.25, 0.3) is 0 Å². The van der Waals surface area contributed by atoms with Gasteiger partial charge in [0.1, 0.15) is 0 Å². The van der Waals surface area contributed by atoms with Crippen molar-refractivity contribution in [1.82, 2.24) is 0 Å². The fourth-order valence-electron chi connectivity index (χ4n) is 1.28. The molecule has 0 bridgehead atoms. The molecule has 2 unspecified atom stereocenters. The first-order chi connectivity index (χ1) is 4.77. The van der Waals surface area contributed by atoms with E-state index in [4.69, 9.17) is 4.74 Å². The second-order valence-corrected chi connectivity index (χ2v) is 6.91. The van der Waals surface area contributed by atoms with E-state index in [0.717, 1.165) is 6.61 Å². The van der Waals surface area contributed by atoms with Crippen molar-refractivity contribution in [2.45, 2.75) is 24.2 Å². The van der Waals surface area contributed by atoms with E-state index < -0.39 is 0 Å². The van der Waals surface area contributed by atoms with Gasteiger partial charge in [-0.3, -0.25) is 0 Å². The summed E-state index contributed by atoms with van der Waals surface area (Å²) < 4.78 is 5.66. The molecule has 0 aromatic rings. The molecule has 1 nitrogen and oxygen atoms in total. The van der Waals surface area contributed by atoms with E-state index in [2.05, 4.69) is 21.5 Å². The molecule has 1 aliphatic heterocycles. The summed E-state index contributed by atoms with van der Waals surface area (Å²) in [5.41, 5.74) is 2.07. The van der Waals surface area contributed by atoms with E-state index >= 15 is 0 Å². The van der Waals surface area contributed by atoms with Crippen molar-refractivity contribution in [3.8, 4) is 0 Å². The van der Waals surface area contributed by atoms with Crippen LogP contribution in [0.5, 0.6) is 0 Å². The van der Waals surface area contributed by atoms with Gasteiger partial charge in [-0.1, -0.05) is 0 Å². The molecule has 3 heteroatoms. The average Bonchev–Trinajstić information content (AvgIpc) is 1.89. The van der Waals surface area contributed by atoms with Crippen LogP contribution in [0.15, 0.2) is 12.3 Å². The minimum Gasteiger partial charge on any atom is -0.375 e. The van der Waals surface area contributed by atoms with Crippen LogP contribution in [-0.4, -0.2) is 21.1 Å². The third-order valence-electron chi connectivity index (χ3n) is 1.87. The monoisotopic (exact) mass is 174 g/mol. The van der Waals surface area contributed by atoms with E-state index in [-0.39, 0.29) is 14.5 Å². The molecular weight excluding hydrogens is 159 g/mol. The summed E-state index contributed by atoms with van der Waals surface area (Å²) in [6.07, 6.45) is 3.78. The van der Waals surface area contributed by atoms with Crippen molar-refractivity contribution < 1.29 is 4.74 Å². The SMILES string of the molecule is C=C[SiH2]C1(P)CCCCO1. The van der Waals surface area contributed by atoms with E-state index in [1.165, 1.54) is 19.3 Å². The second-order valence-electron chi connectivity index (χ2n) is 2.86. The van der Waals surface area contributed by atoms with Gasteiger partial charge in [0.05, 0.1) is 14.5 Å². The third kappa shape index (κ3) is 2.19. The normalized spacial score (nSPS) is 34.9. The van der Waals surface area contributed by atoms with Gasteiger partial charge in [0.2, 0.25) is 0 Å². The van der Waals surface area contributed by atoms with E-state index in [1.807, 2.05) is 0 Å². The van der Waals surface area contributed by atoms with Crippen molar-refractivity contribution in [3.05, 3.63) is 12.3 Å². The summed E-state index contributed by atoms with van der Waals surface area (Å²) in [5.74, 6) is 0. The Bertz CT molecular complexity index is 121. The third-order valence-corrected chi connectivity index (χ3v) is 4.57. The topological polar surface area (TPSA) is 9.23 Å². The van der Waals surface area contributed by atoms with Crippen LogP contribution < -0.4 is 0 Å². The molecule has 1 fully saturated rings. The van der Waals surface area contributed by atoms with Gasteiger partial charge in [-0.25, -0.2) is 0 Å². The minimum absolute atomic E-state index is 0.167. The Labute approximate surface area is 67.3 Å². The Balaban J connectivity index is 2.39. The van der Waals surface area contributed by atoms with Crippen LogP contribution in [-0.2, 0) is 4.74 Å². The smallest absolute Gasteiger partial charge is 0.0874 e. The van der Waals surface area contributed by atoms with Crippen LogP contribution in [0.2, 0.25) is 0 Å². The summed E-state index contributed by atoms with van der Waals surface area (Å²) in [4.78, 5) is 0.167. The van der Waals surface area contributed by atoms with Crippen molar-refractivity contribution in [1.29, 1.82) is 0 Å². The van der Waals surface area contributed by atoms with Gasteiger partial charge in [-0.05, 0) is 19.3 Å². The zero-order chi connectivity index (χ0) is 7.45. The Kier molecular flexibility index (Phi) is 3.09. The lowest BCUT2D eigenvalue weighted by atomic mass is 10.2. The summed E-state index contributed by atoms with van der Waals surface area (Å²) in [5, 5.41) is 0. The molecule has 0 spiro atoms. The second kappa shape index (κ2) is 3.66. The van der Waals surface area contributed by atoms with Gasteiger partial charge in [0, 0.05) is 6.61 Å². The fraction of sp³-hybridized carbons (Fsp3) is 0.714. The van der Waals surface area contributed by atoms with Crippen LogP contribution >= 0.6 is 9.24 Å². The van der Waals surface area contributed by atoms with Gasteiger partial charge in [-0.15, -0.1) is 21.5 Å². The summed E-state index contributed by atoms with van der Waals surface area (Å²) in [7, 11) is 2.64. The van der Waals surface area contributed by atoms with Crippen LogP contribution in [0.4, 0.5) is 0 Å². The Hall–Kier alpha value is 0.347. The molecule has 1 aliphatic rings. The first kappa shape index (κ1) is 8.44. The van der Waals surface area contributed by atoms with E-state index in [1.54, 1.807) is 0 Å². The number of rotatable bonds is 2. The highest BCUT2D eigenvalue weighted by Gasteiger charge is 2.26. The molecule has 1 heterocycles. The molecule has 0 amide bonds. The maximum Gasteiger partial charge on any atom is 0.0874 e. The van der Waals surface area contributed by atoms with Crippen LogP contribution in [0.1, 0.15) is 19.3 Å². The molecular formula is C7H15OPSi. The van der Waals surface area contributed by atoms with Crippen LogP contribution in [0, 0.1) is 0 Å². The Morgan fingerprint density at radius 1 is 1.60 bits per heavy atom. The fourth-order valence-corrected chi connectivity index (χ4v) is 3.31. The summed E-state index contributed by atoms with van der Waals surface area (Å²) >= 11 is 0. The maximum absolute atomic E-state index is 5.66. The molecule has 0 saturated carbocycles. The molecule has 58 valence electrons. The quantitative estimate of drug-likeness (QED) is 0.449. The minimum atomic E-state index is -0.216. The zero-order valence-corrected chi connectivity index (χ0v) is 8.87. The predicted molar refractivity (Wildman–Crippen MR) is 51.0 cm³/mol. The lowest BCUT2D eigenvalue weighted by Gasteiger charge is -2.32. The highest BCUT2D eigenvalue weighted by molar-refractivity contribution is 7.23. The van der Waals surface area contributed by atoms with E-state index in [9.17, 15) is 0 Å². The largest absolute Gasteiger partial charge is 0.375 e. The number of hydrogen-bond donors (Lipinski definition) is 0. The first-order valence-electron chi connectivity index (χ1n) is 3.81. The van der Waals surface area contributed by atoms with Crippen LogP contribution in [0.3, 0.4) is 0 Å². The Morgan fingerprint density at radius 2 is 2.40 bits per heavy atom. The van der Waals surface area contributed by atoms with Gasteiger partial charge in [-0.2, -0.15) is 0 Å². The molecule has 1 saturated heterocycles. The molecule has 0 aliphatic carbocycles. The maximum atomic E-state index is 5.66. The van der Waals surface area contributed by atoms with Crippen molar-refractivity contribution in [3.63, 3.8) is 0 Å². The highest BCUT2D eigenvalue weighted by Crippen LogP contribution is 2.29. The van der Waals surface area contributed by atoms with Crippen molar-refractivity contribution >= 4 is 18.8 Å². The van der Waals surface area contributed by atoms with Crippen molar-refractivity contribution in [2.24, 2.45) is 0 Å². The predicted octanol–water partition coefficient (Wildman–Crippen LogP) is 1.03. The molecule has 0 aromatic carbocycles. The summed E-state index contributed by atoms with van der Waals surface area (Å²) in [6, 6.07) is 0. The van der Waals surface area contributed by atoms with Gasteiger partial charge < -0.3 is 4.74 Å². The van der Waals surface area contributed by atoms with Gasteiger partial charge >= 0.3 is 0 Å². The molecule has 0 radical (unpaired) electrons. The summed E-state index contributed by atoms with van der Waals surface area (Å²) in [6.45, 7) is 4.72. The average molecular weight is 174 g/mol. The first-order valence-corrected chi connectivity index (χ1v) is 5.91. The molecule has 1 rings (SSSR count). The number of hydrogen-bond acceptors (Lipinski definition) is 1. The molecule has 10 heavy (non-hydrogen) atoms. The standard InChI is InChI=1S/C7H15OPSi/c1-2-10-7(9)5-3-4-6-8-7/h2H,1,3-6,9-10H2. The Morgan fingerprint density at radius 3 is 2.90 bits per heavy atom. The molecule has 0 N–H and O–H groups in total. The van der Waals surface area contributed by atoms with Gasteiger partial charge in [0.15, 0.2) is 0 Å².